The van der Waals surface area contributed by atoms with E-state index in [2.05, 4.69) is 9.97 Å². The second kappa shape index (κ2) is 5.17. The molecule has 0 saturated heterocycles. The molecule has 2 aromatic carbocycles. The Balaban J connectivity index is 2.31. The molecular formula is C14H6Cl3FN2. The Bertz CT molecular complexity index is 821. The molecule has 100 valence electrons. The fourth-order valence-electron chi connectivity index (χ4n) is 1.90. The van der Waals surface area contributed by atoms with Crippen molar-refractivity contribution in [3.63, 3.8) is 0 Å². The minimum Gasteiger partial charge on any atom is -0.228 e. The van der Waals surface area contributed by atoms with E-state index in [-0.39, 0.29) is 21.6 Å². The maximum absolute atomic E-state index is 14.0. The number of aromatic nitrogens is 2. The third kappa shape index (κ3) is 2.22. The molecule has 0 aliphatic heterocycles. The van der Waals surface area contributed by atoms with Gasteiger partial charge in [-0.05, 0) is 24.3 Å². The van der Waals surface area contributed by atoms with Crippen LogP contribution in [0.4, 0.5) is 4.39 Å². The summed E-state index contributed by atoms with van der Waals surface area (Å²) in [5, 5.41) is 1.18. The first-order chi connectivity index (χ1) is 9.58. The zero-order valence-electron chi connectivity index (χ0n) is 9.87. The second-order valence-corrected chi connectivity index (χ2v) is 5.25. The molecule has 0 atom stereocenters. The second-order valence-electron chi connectivity index (χ2n) is 4.07. The first kappa shape index (κ1) is 13.6. The van der Waals surface area contributed by atoms with Crippen LogP contribution < -0.4 is 0 Å². The van der Waals surface area contributed by atoms with Gasteiger partial charge in [-0.15, -0.1) is 0 Å². The molecule has 0 bridgehead atoms. The molecule has 3 rings (SSSR count). The Morgan fingerprint density at radius 1 is 0.850 bits per heavy atom. The van der Waals surface area contributed by atoms with Crippen molar-refractivity contribution in [3.05, 3.63) is 57.4 Å². The number of benzene rings is 2. The molecule has 0 saturated carbocycles. The Morgan fingerprint density at radius 3 is 2.35 bits per heavy atom. The fraction of sp³-hybridized carbons (Fsp3) is 0. The van der Waals surface area contributed by atoms with Gasteiger partial charge >= 0.3 is 0 Å². The van der Waals surface area contributed by atoms with Crippen LogP contribution in [0.1, 0.15) is 0 Å². The average molecular weight is 328 g/mol. The van der Waals surface area contributed by atoms with E-state index < -0.39 is 5.82 Å². The normalized spacial score (nSPS) is 11.0. The lowest BCUT2D eigenvalue weighted by Crippen LogP contribution is -1.95. The van der Waals surface area contributed by atoms with Gasteiger partial charge in [-0.2, -0.15) is 0 Å². The van der Waals surface area contributed by atoms with Crippen LogP contribution in [0, 0.1) is 5.82 Å². The SMILES string of the molecule is Fc1c(Cl)cccc1-c1nc(Cl)c2c(Cl)cccc2n1. The maximum Gasteiger partial charge on any atom is 0.164 e. The zero-order chi connectivity index (χ0) is 14.3. The lowest BCUT2D eigenvalue weighted by Gasteiger charge is -2.07. The van der Waals surface area contributed by atoms with Gasteiger partial charge in [0.25, 0.3) is 0 Å². The summed E-state index contributed by atoms with van der Waals surface area (Å²) in [7, 11) is 0. The van der Waals surface area contributed by atoms with Crippen molar-refractivity contribution in [3.8, 4) is 11.4 Å². The molecule has 6 heteroatoms. The van der Waals surface area contributed by atoms with Gasteiger partial charge in [0.2, 0.25) is 0 Å². The molecular weight excluding hydrogens is 322 g/mol. The number of hydrogen-bond acceptors (Lipinski definition) is 2. The van der Waals surface area contributed by atoms with Crippen LogP contribution >= 0.6 is 34.8 Å². The van der Waals surface area contributed by atoms with E-state index in [0.29, 0.717) is 15.9 Å². The lowest BCUT2D eigenvalue weighted by molar-refractivity contribution is 0.630. The summed E-state index contributed by atoms with van der Waals surface area (Å²) in [6.45, 7) is 0. The number of nitrogens with zero attached hydrogens (tertiary/aromatic N) is 2. The summed E-state index contributed by atoms with van der Waals surface area (Å²) >= 11 is 17.9. The number of fused-ring (bicyclic) bond motifs is 1. The highest BCUT2D eigenvalue weighted by Crippen LogP contribution is 2.32. The van der Waals surface area contributed by atoms with Crippen molar-refractivity contribution in [2.75, 3.05) is 0 Å². The Kier molecular flexibility index (Phi) is 3.50. The van der Waals surface area contributed by atoms with Gasteiger partial charge in [0.05, 0.1) is 26.5 Å². The predicted molar refractivity (Wildman–Crippen MR) is 80.0 cm³/mol. The summed E-state index contributed by atoms with van der Waals surface area (Å²) < 4.78 is 14.0. The molecule has 0 N–H and O–H groups in total. The molecule has 2 nitrogen and oxygen atoms in total. The summed E-state index contributed by atoms with van der Waals surface area (Å²) in [5.74, 6) is -0.406. The van der Waals surface area contributed by atoms with Crippen molar-refractivity contribution in [1.29, 1.82) is 0 Å². The molecule has 0 amide bonds. The summed E-state index contributed by atoms with van der Waals surface area (Å²) in [6.07, 6.45) is 0. The molecule has 0 radical (unpaired) electrons. The van der Waals surface area contributed by atoms with Gasteiger partial charge in [-0.1, -0.05) is 46.9 Å². The molecule has 0 spiro atoms. The fourth-order valence-corrected chi connectivity index (χ4v) is 2.66. The third-order valence-corrected chi connectivity index (χ3v) is 3.70. The van der Waals surface area contributed by atoms with Crippen molar-refractivity contribution < 1.29 is 4.39 Å². The van der Waals surface area contributed by atoms with E-state index in [1.165, 1.54) is 6.07 Å². The van der Waals surface area contributed by atoms with Crippen molar-refractivity contribution in [2.24, 2.45) is 0 Å². The Labute approximate surface area is 129 Å². The van der Waals surface area contributed by atoms with Gasteiger partial charge in [-0.25, -0.2) is 14.4 Å². The third-order valence-electron chi connectivity index (χ3n) is 2.82. The van der Waals surface area contributed by atoms with E-state index >= 15 is 0 Å². The quantitative estimate of drug-likeness (QED) is 0.560. The van der Waals surface area contributed by atoms with Crippen LogP contribution in [0.25, 0.3) is 22.3 Å². The van der Waals surface area contributed by atoms with Crippen LogP contribution in [0.2, 0.25) is 15.2 Å². The summed E-state index contributed by atoms with van der Waals surface area (Å²) in [4.78, 5) is 8.40. The maximum atomic E-state index is 14.0. The minimum atomic E-state index is -0.577. The van der Waals surface area contributed by atoms with Gasteiger partial charge < -0.3 is 0 Å². The van der Waals surface area contributed by atoms with Crippen molar-refractivity contribution in [2.45, 2.75) is 0 Å². The highest BCUT2D eigenvalue weighted by Gasteiger charge is 2.14. The topological polar surface area (TPSA) is 25.8 Å². The van der Waals surface area contributed by atoms with E-state index in [9.17, 15) is 4.39 Å². The van der Waals surface area contributed by atoms with Gasteiger partial charge in [0, 0.05) is 0 Å². The van der Waals surface area contributed by atoms with Crippen LogP contribution in [0.15, 0.2) is 36.4 Å². The number of hydrogen-bond donors (Lipinski definition) is 0. The smallest absolute Gasteiger partial charge is 0.164 e. The van der Waals surface area contributed by atoms with E-state index in [0.717, 1.165) is 0 Å². The molecule has 0 unspecified atom stereocenters. The Morgan fingerprint density at radius 2 is 1.55 bits per heavy atom. The average Bonchev–Trinajstić information content (AvgIpc) is 2.41. The van der Waals surface area contributed by atoms with Crippen molar-refractivity contribution >= 4 is 45.7 Å². The summed E-state index contributed by atoms with van der Waals surface area (Å²) in [5.41, 5.74) is 0.744. The standard InChI is InChI=1S/C14H6Cl3FN2/c15-8-4-2-6-10-11(8)13(17)20-14(19-10)7-3-1-5-9(16)12(7)18/h1-6H. The number of halogens is 4. The molecule has 0 aliphatic carbocycles. The highest BCUT2D eigenvalue weighted by molar-refractivity contribution is 6.41. The molecule has 0 aliphatic rings. The molecule has 20 heavy (non-hydrogen) atoms. The zero-order valence-corrected chi connectivity index (χ0v) is 12.1. The lowest BCUT2D eigenvalue weighted by atomic mass is 10.2. The highest BCUT2D eigenvalue weighted by atomic mass is 35.5. The van der Waals surface area contributed by atoms with Gasteiger partial charge in [0.15, 0.2) is 11.6 Å². The predicted octanol–water partition coefficient (Wildman–Crippen LogP) is 5.40. The van der Waals surface area contributed by atoms with E-state index in [1.54, 1.807) is 30.3 Å². The molecule has 0 fully saturated rings. The van der Waals surface area contributed by atoms with Crippen LogP contribution in [-0.4, -0.2) is 9.97 Å². The van der Waals surface area contributed by atoms with Crippen LogP contribution in [0.5, 0.6) is 0 Å². The first-order valence-corrected chi connectivity index (χ1v) is 6.77. The largest absolute Gasteiger partial charge is 0.228 e. The van der Waals surface area contributed by atoms with E-state index in [1.807, 2.05) is 0 Å². The van der Waals surface area contributed by atoms with Gasteiger partial charge in [-0.3, -0.25) is 0 Å². The van der Waals surface area contributed by atoms with E-state index in [4.69, 9.17) is 34.8 Å². The molecule has 1 aromatic heterocycles. The van der Waals surface area contributed by atoms with Crippen LogP contribution in [-0.2, 0) is 0 Å². The van der Waals surface area contributed by atoms with Crippen LogP contribution in [0.3, 0.4) is 0 Å². The Hall–Kier alpha value is -1.42. The molecule has 3 aromatic rings. The first-order valence-electron chi connectivity index (χ1n) is 5.64. The van der Waals surface area contributed by atoms with Crippen molar-refractivity contribution in [1.82, 2.24) is 9.97 Å². The number of rotatable bonds is 1. The summed E-state index contributed by atoms with van der Waals surface area (Å²) in [6, 6.07) is 9.80. The monoisotopic (exact) mass is 326 g/mol. The minimum absolute atomic E-state index is 0.00779. The molecule has 1 heterocycles. The van der Waals surface area contributed by atoms with Gasteiger partial charge in [0.1, 0.15) is 5.15 Å².